The highest BCUT2D eigenvalue weighted by molar-refractivity contribution is 7.91. The zero-order valence-corrected chi connectivity index (χ0v) is 34.7. The molecule has 1 aliphatic heterocycles. The summed E-state index contributed by atoms with van der Waals surface area (Å²) in [6.07, 6.45) is 23.3. The van der Waals surface area contributed by atoms with Crippen molar-refractivity contribution in [2.75, 3.05) is 32.4 Å². The minimum absolute atomic E-state index is 0.0767. The molecule has 4 saturated carbocycles. The molecule has 282 valence electrons. The molecule has 4 nitrogen and oxygen atoms in total. The molecule has 0 spiro atoms. The van der Waals surface area contributed by atoms with E-state index in [1.165, 1.54) is 69.6 Å². The average Bonchev–Trinajstić information content (AvgIpc) is 3.41. The topological polar surface area (TPSA) is 49.4 Å². The zero-order chi connectivity index (χ0) is 36.1. The van der Waals surface area contributed by atoms with E-state index in [0.29, 0.717) is 28.1 Å². The van der Waals surface area contributed by atoms with Crippen molar-refractivity contribution in [1.29, 1.82) is 0 Å². The molecule has 1 N–H and O–H groups in total. The number of likely N-dealkylation sites (tertiary alicyclic amines) is 1. The highest BCUT2D eigenvalue weighted by Crippen LogP contribution is 2.76. The van der Waals surface area contributed by atoms with Gasteiger partial charge in [-0.1, -0.05) is 58.9 Å². The van der Waals surface area contributed by atoms with E-state index in [2.05, 4.69) is 77.4 Å². The molecule has 5 fully saturated rings. The number of hydrogen-bond acceptors (Lipinski definition) is 4. The third kappa shape index (κ3) is 5.90. The number of fused-ring (bicyclic) bond motifs is 7. The number of nitrogens with one attached hydrogen (secondary N) is 1. The van der Waals surface area contributed by atoms with Crippen molar-refractivity contribution in [1.82, 2.24) is 10.2 Å². The molecule has 0 aromatic heterocycles. The Morgan fingerprint density at radius 1 is 0.880 bits per heavy atom. The molecule has 0 aromatic carbocycles. The van der Waals surface area contributed by atoms with E-state index in [-0.39, 0.29) is 21.1 Å². The maximum Gasteiger partial charge on any atom is 0.150 e. The van der Waals surface area contributed by atoms with Gasteiger partial charge in [-0.15, -0.1) is 11.6 Å². The van der Waals surface area contributed by atoms with Crippen LogP contribution in [0, 0.1) is 51.2 Å². The molecule has 0 amide bonds. The van der Waals surface area contributed by atoms with Gasteiger partial charge in [-0.2, -0.15) is 0 Å². The lowest BCUT2D eigenvalue weighted by atomic mass is 9.33. The van der Waals surface area contributed by atoms with Gasteiger partial charge in [0.25, 0.3) is 0 Å². The minimum Gasteiger partial charge on any atom is -0.310 e. The summed E-state index contributed by atoms with van der Waals surface area (Å²) in [4.78, 5) is 2.43. The lowest BCUT2D eigenvalue weighted by molar-refractivity contribution is -0.221. The van der Waals surface area contributed by atoms with Crippen molar-refractivity contribution in [3.8, 4) is 0 Å². The highest BCUT2D eigenvalue weighted by atomic mass is 35.5. The van der Waals surface area contributed by atoms with E-state index in [9.17, 15) is 8.42 Å². The monoisotopic (exact) mass is 726 g/mol. The second-order valence-corrected chi connectivity index (χ2v) is 23.8. The van der Waals surface area contributed by atoms with Crippen LogP contribution in [-0.4, -0.2) is 61.4 Å². The van der Waals surface area contributed by atoms with Crippen LogP contribution in [0.15, 0.2) is 35.5 Å². The Morgan fingerprint density at radius 3 is 2.24 bits per heavy atom. The Hall–Kier alpha value is -0.620. The van der Waals surface area contributed by atoms with Crippen LogP contribution in [0.2, 0.25) is 0 Å². The predicted octanol–water partition coefficient (Wildman–Crippen LogP) is 10.1. The van der Waals surface area contributed by atoms with Crippen LogP contribution in [0.5, 0.6) is 0 Å². The standard InChI is InChI=1S/C44H71ClN2O2S/c1-30(2)33-14-23-44(46-26-29-47-27-17-32(18-28-47)50(9,48)49)25-24-42(7)35(38(33)44)10-11-37-41(6)21-15-34(31-12-19-40(5,45)20-13-31)39(3,4)36(41)16-22-43(37,42)8/h12,15,32-33,35-38,46H,1,10-11,13-14,16-29H2,2-9H3/t33-,35+,36-,37+,38+,40?,41-,42+,43+,44-/m0/s1. The third-order valence-corrected chi connectivity index (χ3v) is 19.8. The second kappa shape index (κ2) is 12.7. The Bertz CT molecular complexity index is 1520. The number of nitrogens with zero attached hydrogens (tertiary/aromatic N) is 1. The first-order chi connectivity index (χ1) is 23.3. The summed E-state index contributed by atoms with van der Waals surface area (Å²) in [6.45, 7) is 26.5. The fraction of sp³-hybridized carbons (Fsp3) is 0.864. The number of hydrogen-bond donors (Lipinski definition) is 1. The molecule has 0 radical (unpaired) electrons. The van der Waals surface area contributed by atoms with Gasteiger partial charge >= 0.3 is 0 Å². The van der Waals surface area contributed by atoms with Gasteiger partial charge in [0.05, 0.1) is 5.25 Å². The summed E-state index contributed by atoms with van der Waals surface area (Å²) in [5.41, 5.74) is 6.10. The molecular weight excluding hydrogens is 656 g/mol. The summed E-state index contributed by atoms with van der Waals surface area (Å²) in [7, 11) is -2.93. The number of piperidine rings is 1. The zero-order valence-electron chi connectivity index (χ0n) is 33.1. The summed E-state index contributed by atoms with van der Waals surface area (Å²) in [6, 6.07) is 0. The largest absolute Gasteiger partial charge is 0.310 e. The number of allylic oxidation sites excluding steroid dienone is 5. The van der Waals surface area contributed by atoms with Gasteiger partial charge in [0.15, 0.2) is 0 Å². The van der Waals surface area contributed by atoms with E-state index in [1.807, 2.05) is 0 Å². The first-order valence-electron chi connectivity index (χ1n) is 20.7. The Labute approximate surface area is 312 Å². The van der Waals surface area contributed by atoms with E-state index in [0.717, 1.165) is 76.0 Å². The number of rotatable bonds is 7. The number of alkyl halides is 1. The fourth-order valence-electron chi connectivity index (χ4n) is 14.8. The van der Waals surface area contributed by atoms with Crippen molar-refractivity contribution in [2.45, 2.75) is 154 Å². The summed E-state index contributed by atoms with van der Waals surface area (Å²) < 4.78 is 24.3. The van der Waals surface area contributed by atoms with Crippen molar-refractivity contribution >= 4 is 21.4 Å². The summed E-state index contributed by atoms with van der Waals surface area (Å²) >= 11 is 6.79. The van der Waals surface area contributed by atoms with Gasteiger partial charge < -0.3 is 10.2 Å². The molecular formula is C44H71ClN2O2S. The molecule has 1 unspecified atom stereocenters. The first-order valence-corrected chi connectivity index (χ1v) is 23.0. The van der Waals surface area contributed by atoms with Crippen LogP contribution < -0.4 is 5.32 Å². The molecule has 7 aliphatic rings. The van der Waals surface area contributed by atoms with Gasteiger partial charge in [-0.05, 0) is 179 Å². The van der Waals surface area contributed by atoms with E-state index >= 15 is 0 Å². The Balaban J connectivity index is 1.11. The quantitative estimate of drug-likeness (QED) is 0.210. The van der Waals surface area contributed by atoms with E-state index < -0.39 is 9.84 Å². The minimum atomic E-state index is -2.93. The Morgan fingerprint density at radius 2 is 1.60 bits per heavy atom. The lowest BCUT2D eigenvalue weighted by Crippen LogP contribution is -2.68. The normalized spacial score (nSPS) is 46.5. The molecule has 6 aliphatic carbocycles. The van der Waals surface area contributed by atoms with Gasteiger partial charge in [0, 0.05) is 29.8 Å². The predicted molar refractivity (Wildman–Crippen MR) is 211 cm³/mol. The summed E-state index contributed by atoms with van der Waals surface area (Å²) in [5.74, 6) is 3.50. The van der Waals surface area contributed by atoms with Crippen LogP contribution in [0.4, 0.5) is 0 Å². The Kier molecular flexibility index (Phi) is 9.59. The summed E-state index contributed by atoms with van der Waals surface area (Å²) in [5, 5.41) is 4.14. The first kappa shape index (κ1) is 37.7. The van der Waals surface area contributed by atoms with Crippen LogP contribution in [0.25, 0.3) is 0 Å². The number of halogens is 1. The van der Waals surface area contributed by atoms with Crippen LogP contribution in [0.3, 0.4) is 0 Å². The smallest absolute Gasteiger partial charge is 0.150 e. The molecule has 6 heteroatoms. The maximum atomic E-state index is 12.1. The van der Waals surface area contributed by atoms with Crippen molar-refractivity contribution < 1.29 is 8.42 Å². The molecule has 0 bridgehead atoms. The van der Waals surface area contributed by atoms with Gasteiger partial charge in [0.2, 0.25) is 0 Å². The maximum absolute atomic E-state index is 12.1. The van der Waals surface area contributed by atoms with Crippen molar-refractivity contribution in [2.24, 2.45) is 51.2 Å². The molecule has 1 heterocycles. The molecule has 7 rings (SSSR count). The van der Waals surface area contributed by atoms with Crippen molar-refractivity contribution in [3.05, 3.63) is 35.5 Å². The highest BCUT2D eigenvalue weighted by Gasteiger charge is 2.70. The number of sulfone groups is 1. The molecule has 0 aromatic rings. The third-order valence-electron chi connectivity index (χ3n) is 17.7. The van der Waals surface area contributed by atoms with Gasteiger partial charge in [0.1, 0.15) is 9.84 Å². The second-order valence-electron chi connectivity index (χ2n) is 20.5. The van der Waals surface area contributed by atoms with Gasteiger partial charge in [-0.25, -0.2) is 8.42 Å². The SMILES string of the molecule is C=C(C)[C@@H]1CC[C@]2(NCCN3CCC(S(C)(=O)=O)CC3)CC[C@]3(C)[C@H](CC[C@@H]4[C@@]5(C)CC=C(C6=CCC(C)(Cl)CC6)C(C)(C)[C@@H]5CC[C@]43C)[C@@H]12. The molecule has 10 atom stereocenters. The molecule has 50 heavy (non-hydrogen) atoms. The van der Waals surface area contributed by atoms with Crippen LogP contribution in [0.1, 0.15) is 138 Å². The lowest BCUT2D eigenvalue weighted by Gasteiger charge is -2.72. The van der Waals surface area contributed by atoms with Crippen molar-refractivity contribution in [3.63, 3.8) is 0 Å². The fourth-order valence-corrected chi connectivity index (χ4v) is 16.0. The van der Waals surface area contributed by atoms with Crippen LogP contribution in [-0.2, 0) is 9.84 Å². The van der Waals surface area contributed by atoms with Crippen LogP contribution >= 0.6 is 11.6 Å². The van der Waals surface area contributed by atoms with E-state index in [1.54, 1.807) is 11.1 Å². The van der Waals surface area contributed by atoms with E-state index in [4.69, 9.17) is 11.6 Å². The van der Waals surface area contributed by atoms with Gasteiger partial charge in [-0.3, -0.25) is 0 Å². The molecule has 1 saturated heterocycles. The average molecular weight is 728 g/mol.